The number of aromatic nitrogens is 2. The monoisotopic (exact) mass is 251 g/mol. The third kappa shape index (κ3) is 3.96. The van der Waals surface area contributed by atoms with Crippen molar-refractivity contribution in [2.24, 2.45) is 7.05 Å². The largest absolute Gasteiger partial charge is 0.376 e. The summed E-state index contributed by atoms with van der Waals surface area (Å²) in [6.07, 6.45) is 0. The standard InChI is InChI=1S/C14H25N3O/c1-10(2)9-18-8-7-15-11(3)14-12(4)16-17(6)13(14)5/h11,15H,1,7-9H2,2-6H3. The van der Waals surface area contributed by atoms with Gasteiger partial charge in [0, 0.05) is 30.9 Å². The third-order valence-electron chi connectivity index (χ3n) is 3.04. The van der Waals surface area contributed by atoms with Crippen molar-refractivity contribution in [3.05, 3.63) is 29.1 Å². The predicted molar refractivity (Wildman–Crippen MR) is 74.7 cm³/mol. The number of aryl methyl sites for hydroxylation is 2. The van der Waals surface area contributed by atoms with Gasteiger partial charge in [-0.2, -0.15) is 5.10 Å². The average Bonchev–Trinajstić information content (AvgIpc) is 2.52. The minimum Gasteiger partial charge on any atom is -0.376 e. The minimum absolute atomic E-state index is 0.298. The lowest BCUT2D eigenvalue weighted by Crippen LogP contribution is -2.24. The molecule has 0 radical (unpaired) electrons. The highest BCUT2D eigenvalue weighted by Gasteiger charge is 2.15. The van der Waals surface area contributed by atoms with Crippen LogP contribution in [0.2, 0.25) is 0 Å². The third-order valence-corrected chi connectivity index (χ3v) is 3.04. The van der Waals surface area contributed by atoms with Gasteiger partial charge in [0.1, 0.15) is 0 Å². The summed E-state index contributed by atoms with van der Waals surface area (Å²) in [5.74, 6) is 0. The van der Waals surface area contributed by atoms with Crippen molar-refractivity contribution >= 4 is 0 Å². The van der Waals surface area contributed by atoms with E-state index >= 15 is 0 Å². The van der Waals surface area contributed by atoms with E-state index in [0.29, 0.717) is 19.3 Å². The molecule has 4 heteroatoms. The molecule has 1 aromatic rings. The second-order valence-electron chi connectivity index (χ2n) is 4.89. The molecule has 0 aromatic carbocycles. The highest BCUT2D eigenvalue weighted by molar-refractivity contribution is 5.27. The molecule has 0 bridgehead atoms. The number of hydrogen-bond acceptors (Lipinski definition) is 3. The molecule has 0 amide bonds. The molecule has 1 atom stereocenters. The molecule has 0 aliphatic heterocycles. The van der Waals surface area contributed by atoms with Gasteiger partial charge in [0.05, 0.1) is 18.9 Å². The highest BCUT2D eigenvalue weighted by atomic mass is 16.5. The zero-order valence-electron chi connectivity index (χ0n) is 12.2. The van der Waals surface area contributed by atoms with Crippen molar-refractivity contribution in [1.82, 2.24) is 15.1 Å². The van der Waals surface area contributed by atoms with Crippen LogP contribution >= 0.6 is 0 Å². The first kappa shape index (κ1) is 14.9. The van der Waals surface area contributed by atoms with E-state index in [1.54, 1.807) is 0 Å². The molecule has 0 aliphatic rings. The van der Waals surface area contributed by atoms with Crippen molar-refractivity contribution < 1.29 is 4.74 Å². The first-order valence-electron chi connectivity index (χ1n) is 6.39. The van der Waals surface area contributed by atoms with Gasteiger partial charge in [-0.1, -0.05) is 12.2 Å². The van der Waals surface area contributed by atoms with Crippen molar-refractivity contribution in [3.63, 3.8) is 0 Å². The zero-order chi connectivity index (χ0) is 13.7. The maximum atomic E-state index is 5.46. The second kappa shape index (κ2) is 6.71. The molecule has 0 fully saturated rings. The van der Waals surface area contributed by atoms with Crippen LogP contribution in [0.15, 0.2) is 12.2 Å². The van der Waals surface area contributed by atoms with E-state index in [0.717, 1.165) is 17.8 Å². The Kier molecular flexibility index (Phi) is 5.56. The topological polar surface area (TPSA) is 39.1 Å². The SMILES string of the molecule is C=C(C)COCCNC(C)c1c(C)nn(C)c1C. The number of nitrogens with one attached hydrogen (secondary N) is 1. The lowest BCUT2D eigenvalue weighted by Gasteiger charge is -2.14. The molecule has 102 valence electrons. The van der Waals surface area contributed by atoms with Crippen molar-refractivity contribution in [3.8, 4) is 0 Å². The van der Waals surface area contributed by atoms with Gasteiger partial charge < -0.3 is 10.1 Å². The van der Waals surface area contributed by atoms with E-state index in [1.807, 2.05) is 18.7 Å². The van der Waals surface area contributed by atoms with Crippen LogP contribution in [0.1, 0.15) is 36.8 Å². The molecule has 1 rings (SSSR count). The van der Waals surface area contributed by atoms with Crippen LogP contribution in [0, 0.1) is 13.8 Å². The van der Waals surface area contributed by atoms with E-state index in [-0.39, 0.29) is 0 Å². The summed E-state index contributed by atoms with van der Waals surface area (Å²) < 4.78 is 7.40. The van der Waals surface area contributed by atoms with Crippen molar-refractivity contribution in [1.29, 1.82) is 0 Å². The van der Waals surface area contributed by atoms with Crippen molar-refractivity contribution in [2.75, 3.05) is 19.8 Å². The second-order valence-corrected chi connectivity index (χ2v) is 4.89. The molecule has 0 aliphatic carbocycles. The summed E-state index contributed by atoms with van der Waals surface area (Å²) in [6, 6.07) is 0.298. The van der Waals surface area contributed by atoms with Crippen LogP contribution in [0.4, 0.5) is 0 Å². The molecule has 0 saturated heterocycles. The van der Waals surface area contributed by atoms with Crippen molar-refractivity contribution in [2.45, 2.75) is 33.7 Å². The first-order chi connectivity index (χ1) is 8.43. The van der Waals surface area contributed by atoms with Gasteiger partial charge in [-0.05, 0) is 27.7 Å². The lowest BCUT2D eigenvalue weighted by molar-refractivity contribution is 0.156. The van der Waals surface area contributed by atoms with Gasteiger partial charge >= 0.3 is 0 Å². The Morgan fingerprint density at radius 2 is 2.17 bits per heavy atom. The Bertz CT molecular complexity index is 409. The van der Waals surface area contributed by atoms with E-state index in [1.165, 1.54) is 11.3 Å². The highest BCUT2D eigenvalue weighted by Crippen LogP contribution is 2.20. The quantitative estimate of drug-likeness (QED) is 0.597. The normalized spacial score (nSPS) is 12.7. The Hall–Kier alpha value is -1.13. The molecule has 0 spiro atoms. The average molecular weight is 251 g/mol. The summed E-state index contributed by atoms with van der Waals surface area (Å²) in [5, 5.41) is 7.89. The Balaban J connectivity index is 2.41. The van der Waals surface area contributed by atoms with E-state index in [9.17, 15) is 0 Å². The summed E-state index contributed by atoms with van der Waals surface area (Å²) in [4.78, 5) is 0. The van der Waals surface area contributed by atoms with Crippen LogP contribution in [-0.4, -0.2) is 29.5 Å². The summed E-state index contributed by atoms with van der Waals surface area (Å²) in [7, 11) is 1.98. The van der Waals surface area contributed by atoms with Gasteiger partial charge in [-0.15, -0.1) is 0 Å². The van der Waals surface area contributed by atoms with Gasteiger partial charge in [0.2, 0.25) is 0 Å². The van der Waals surface area contributed by atoms with Gasteiger partial charge in [-0.25, -0.2) is 0 Å². The fourth-order valence-corrected chi connectivity index (χ4v) is 2.11. The van der Waals surface area contributed by atoms with Crippen LogP contribution in [-0.2, 0) is 11.8 Å². The number of rotatable bonds is 7. The first-order valence-corrected chi connectivity index (χ1v) is 6.39. The molecule has 1 N–H and O–H groups in total. The molecular weight excluding hydrogens is 226 g/mol. The fourth-order valence-electron chi connectivity index (χ4n) is 2.11. The van der Waals surface area contributed by atoms with E-state index in [4.69, 9.17) is 4.74 Å². The molecule has 4 nitrogen and oxygen atoms in total. The smallest absolute Gasteiger partial charge is 0.0672 e. The van der Waals surface area contributed by atoms with Crippen LogP contribution in [0.3, 0.4) is 0 Å². The maximum Gasteiger partial charge on any atom is 0.0672 e. The summed E-state index contributed by atoms with van der Waals surface area (Å²) in [5.41, 5.74) is 4.66. The van der Waals surface area contributed by atoms with Gasteiger partial charge in [0.25, 0.3) is 0 Å². The Labute approximate surface area is 110 Å². The fraction of sp³-hybridized carbons (Fsp3) is 0.643. The number of ether oxygens (including phenoxy) is 1. The molecule has 1 aromatic heterocycles. The number of hydrogen-bond donors (Lipinski definition) is 1. The van der Waals surface area contributed by atoms with Crippen LogP contribution in [0.25, 0.3) is 0 Å². The number of nitrogens with zero attached hydrogens (tertiary/aromatic N) is 2. The molecule has 0 saturated carbocycles. The van der Waals surface area contributed by atoms with E-state index in [2.05, 4.69) is 37.8 Å². The predicted octanol–water partition coefficient (Wildman–Crippen LogP) is 2.28. The molecule has 1 heterocycles. The zero-order valence-corrected chi connectivity index (χ0v) is 12.2. The lowest BCUT2D eigenvalue weighted by atomic mass is 10.1. The van der Waals surface area contributed by atoms with Gasteiger partial charge in [-0.3, -0.25) is 4.68 Å². The Morgan fingerprint density at radius 3 is 2.67 bits per heavy atom. The summed E-state index contributed by atoms with van der Waals surface area (Å²) >= 11 is 0. The maximum absolute atomic E-state index is 5.46. The van der Waals surface area contributed by atoms with Crippen LogP contribution in [0.5, 0.6) is 0 Å². The van der Waals surface area contributed by atoms with Gasteiger partial charge in [0.15, 0.2) is 0 Å². The van der Waals surface area contributed by atoms with Crippen LogP contribution < -0.4 is 5.32 Å². The Morgan fingerprint density at radius 1 is 1.50 bits per heavy atom. The summed E-state index contributed by atoms with van der Waals surface area (Å²) in [6.45, 7) is 14.3. The minimum atomic E-state index is 0.298. The van der Waals surface area contributed by atoms with E-state index < -0.39 is 0 Å². The molecule has 1 unspecified atom stereocenters. The molecular formula is C14H25N3O. The molecule has 18 heavy (non-hydrogen) atoms.